The predicted molar refractivity (Wildman–Crippen MR) is 54.0 cm³/mol. The van der Waals surface area contributed by atoms with E-state index >= 15 is 0 Å². The monoisotopic (exact) mass is 229 g/mol. The van der Waals surface area contributed by atoms with Crippen LogP contribution in [0.5, 0.6) is 0 Å². The summed E-state index contributed by atoms with van der Waals surface area (Å²) in [6.07, 6.45) is 2.16. The first-order valence-electron chi connectivity index (χ1n) is 3.86. The molecule has 0 saturated carbocycles. The van der Waals surface area contributed by atoms with Crippen molar-refractivity contribution >= 4 is 12.6 Å². The second kappa shape index (κ2) is 40.4. The summed E-state index contributed by atoms with van der Waals surface area (Å²) < 4.78 is 0. The fourth-order valence-electron chi connectivity index (χ4n) is 0.112. The molecule has 0 aromatic rings. The Hall–Kier alpha value is 0.984. The van der Waals surface area contributed by atoms with Gasteiger partial charge in [0.05, 0.1) is 0 Å². The van der Waals surface area contributed by atoms with Gasteiger partial charge in [-0.3, -0.25) is 0 Å². The van der Waals surface area contributed by atoms with Gasteiger partial charge in [-0.05, 0) is 19.6 Å². The molecule has 0 spiro atoms. The first-order valence-corrected chi connectivity index (χ1v) is 4.50. The smallest absolute Gasteiger partial charge is 0.0402 e. The molecule has 0 amide bonds. The SMILES string of the molecule is CCO.CCO.[CH2-]CCCS.[Ti]. The van der Waals surface area contributed by atoms with Gasteiger partial charge in [-0.25, -0.2) is 0 Å². The maximum Gasteiger partial charge on any atom is 0.0402 e. The number of hydrogen-bond donors (Lipinski definition) is 3. The predicted octanol–water partition coefficient (Wildman–Crippen LogP) is 1.53. The normalized spacial score (nSPS) is 6.50. The molecule has 0 aliphatic rings. The van der Waals surface area contributed by atoms with Gasteiger partial charge < -0.3 is 17.1 Å². The van der Waals surface area contributed by atoms with Crippen LogP contribution in [0.3, 0.4) is 0 Å². The van der Waals surface area contributed by atoms with Crippen molar-refractivity contribution in [2.24, 2.45) is 0 Å². The number of hydrogen-bond acceptors (Lipinski definition) is 3. The number of aliphatic hydroxyl groups excluding tert-OH is 2. The van der Waals surface area contributed by atoms with Gasteiger partial charge in [-0.2, -0.15) is 19.0 Å². The molecule has 76 valence electrons. The molecule has 2 N–H and O–H groups in total. The van der Waals surface area contributed by atoms with Gasteiger partial charge in [-0.15, -0.1) is 0 Å². The fourth-order valence-corrected chi connectivity index (χ4v) is 0.335. The van der Waals surface area contributed by atoms with Crippen molar-refractivity contribution in [1.82, 2.24) is 0 Å². The molecule has 0 aromatic carbocycles. The van der Waals surface area contributed by atoms with Crippen LogP contribution < -0.4 is 0 Å². The van der Waals surface area contributed by atoms with Crippen LogP contribution >= 0.6 is 12.6 Å². The largest absolute Gasteiger partial charge is 0.397 e. The number of aliphatic hydroxyl groups is 2. The number of rotatable bonds is 2. The van der Waals surface area contributed by atoms with E-state index in [1.807, 2.05) is 0 Å². The van der Waals surface area contributed by atoms with E-state index in [4.69, 9.17) is 10.2 Å². The molecule has 0 saturated heterocycles. The molecule has 0 aromatic heterocycles. The molecule has 0 aliphatic heterocycles. The van der Waals surface area contributed by atoms with Crippen molar-refractivity contribution in [3.63, 3.8) is 0 Å². The Morgan fingerprint density at radius 3 is 1.42 bits per heavy atom. The van der Waals surface area contributed by atoms with Crippen LogP contribution in [-0.2, 0) is 21.7 Å². The van der Waals surface area contributed by atoms with Gasteiger partial charge in [0.1, 0.15) is 0 Å². The molecule has 0 bridgehead atoms. The summed E-state index contributed by atoms with van der Waals surface area (Å²) in [5, 5.41) is 15.1. The molecule has 0 unspecified atom stereocenters. The van der Waals surface area contributed by atoms with Crippen molar-refractivity contribution in [1.29, 1.82) is 0 Å². The van der Waals surface area contributed by atoms with E-state index in [9.17, 15) is 0 Å². The Morgan fingerprint density at radius 2 is 1.42 bits per heavy atom. The maximum absolute atomic E-state index is 7.57. The van der Waals surface area contributed by atoms with E-state index in [1.54, 1.807) is 13.8 Å². The van der Waals surface area contributed by atoms with Gasteiger partial charge in [0.25, 0.3) is 0 Å². The van der Waals surface area contributed by atoms with E-state index in [-0.39, 0.29) is 34.9 Å². The van der Waals surface area contributed by atoms with Crippen LogP contribution in [0.25, 0.3) is 0 Å². The molecular formula is C8H21O2STi-. The van der Waals surface area contributed by atoms with E-state index in [0.29, 0.717) is 0 Å². The Morgan fingerprint density at radius 1 is 1.17 bits per heavy atom. The number of unbranched alkanes of at least 4 members (excludes halogenated alkanes) is 1. The standard InChI is InChI=1S/C4H9S.2C2H6O.Ti/c1-2-3-4-5;2*1-2-3;/h5H,1-4H2;2*3H,2H2,1H3;/q-1;;;. The van der Waals surface area contributed by atoms with Gasteiger partial charge in [0, 0.05) is 34.9 Å². The van der Waals surface area contributed by atoms with E-state index in [1.165, 1.54) is 0 Å². The second-order valence-corrected chi connectivity index (χ2v) is 2.01. The Balaban J connectivity index is -0.0000000406. The minimum Gasteiger partial charge on any atom is -0.397 e. The zero-order valence-corrected chi connectivity index (χ0v) is 10.5. The van der Waals surface area contributed by atoms with E-state index < -0.39 is 0 Å². The zero-order chi connectivity index (χ0) is 9.54. The Labute approximate surface area is 97.1 Å². The van der Waals surface area contributed by atoms with Crippen molar-refractivity contribution in [3.05, 3.63) is 6.92 Å². The van der Waals surface area contributed by atoms with Crippen LogP contribution in [0.1, 0.15) is 26.7 Å². The Kier molecular flexibility index (Phi) is 77.7. The van der Waals surface area contributed by atoms with E-state index in [0.717, 1.165) is 18.6 Å². The third kappa shape index (κ3) is 123. The minimum absolute atomic E-state index is 0. The Bertz CT molecular complexity index is 36.2. The average molecular weight is 229 g/mol. The quantitative estimate of drug-likeness (QED) is 0.382. The molecule has 0 fully saturated rings. The van der Waals surface area contributed by atoms with Crippen LogP contribution in [0.2, 0.25) is 0 Å². The third-order valence-corrected chi connectivity index (χ3v) is 0.724. The second-order valence-electron chi connectivity index (χ2n) is 1.56. The van der Waals surface area contributed by atoms with E-state index in [2.05, 4.69) is 19.6 Å². The molecule has 0 rings (SSSR count). The minimum atomic E-state index is 0. The van der Waals surface area contributed by atoms with Gasteiger partial charge >= 0.3 is 0 Å². The average Bonchev–Trinajstić information content (AvgIpc) is 1.92. The zero-order valence-electron chi connectivity index (χ0n) is 8.08. The summed E-state index contributed by atoms with van der Waals surface area (Å²) in [6.45, 7) is 7.49. The summed E-state index contributed by atoms with van der Waals surface area (Å²) >= 11 is 3.96. The first kappa shape index (κ1) is 23.1. The van der Waals surface area contributed by atoms with Crippen LogP contribution in [0, 0.1) is 6.92 Å². The van der Waals surface area contributed by atoms with Gasteiger partial charge in [0.2, 0.25) is 0 Å². The molecule has 0 radical (unpaired) electrons. The molecule has 0 atom stereocenters. The summed E-state index contributed by atoms with van der Waals surface area (Å²) in [7, 11) is 0. The molecule has 12 heavy (non-hydrogen) atoms. The maximum atomic E-state index is 7.57. The van der Waals surface area contributed by atoms with Crippen LogP contribution in [-0.4, -0.2) is 29.2 Å². The molecule has 0 heterocycles. The topological polar surface area (TPSA) is 40.5 Å². The van der Waals surface area contributed by atoms with Crippen molar-refractivity contribution in [2.45, 2.75) is 26.7 Å². The van der Waals surface area contributed by atoms with Crippen molar-refractivity contribution in [3.8, 4) is 0 Å². The van der Waals surface area contributed by atoms with Crippen molar-refractivity contribution < 1.29 is 31.9 Å². The summed E-state index contributed by atoms with van der Waals surface area (Å²) in [4.78, 5) is 0. The molecule has 4 heteroatoms. The molecule has 0 aliphatic carbocycles. The fraction of sp³-hybridized carbons (Fsp3) is 0.875. The van der Waals surface area contributed by atoms with Crippen LogP contribution in [0.15, 0.2) is 0 Å². The van der Waals surface area contributed by atoms with Gasteiger partial charge in [-0.1, -0.05) is 6.42 Å². The number of thiol groups is 1. The summed E-state index contributed by atoms with van der Waals surface area (Å²) in [5.41, 5.74) is 0. The molecule has 2 nitrogen and oxygen atoms in total. The summed E-state index contributed by atoms with van der Waals surface area (Å²) in [6, 6.07) is 0. The third-order valence-electron chi connectivity index (χ3n) is 0.408. The van der Waals surface area contributed by atoms with Crippen molar-refractivity contribution in [2.75, 3.05) is 19.0 Å². The summed E-state index contributed by atoms with van der Waals surface area (Å²) in [5.74, 6) is 0.976. The van der Waals surface area contributed by atoms with Crippen LogP contribution in [0.4, 0.5) is 0 Å². The first-order chi connectivity index (χ1) is 5.24. The van der Waals surface area contributed by atoms with Gasteiger partial charge in [0.15, 0.2) is 0 Å². The molecular weight excluding hydrogens is 208 g/mol.